The van der Waals surface area contributed by atoms with Gasteiger partial charge in [-0.15, -0.1) is 24.8 Å². The number of halogens is 2. The monoisotopic (exact) mass is 434 g/mol. The number of hydrogen-bond acceptors (Lipinski definition) is 2. The zero-order valence-electron chi connectivity index (χ0n) is 16.9. The van der Waals surface area contributed by atoms with E-state index < -0.39 is 17.8 Å². The van der Waals surface area contributed by atoms with Crippen molar-refractivity contribution in [3.05, 3.63) is 45.4 Å². The van der Waals surface area contributed by atoms with Crippen LogP contribution in [0.5, 0.6) is 11.5 Å². The molecule has 0 aliphatic heterocycles. The van der Waals surface area contributed by atoms with E-state index in [4.69, 9.17) is 8.06 Å². The molecule has 0 fully saturated rings. The van der Waals surface area contributed by atoms with Crippen LogP contribution in [0.2, 0.25) is 0 Å². The fraction of sp³-hybridized carbons (Fsp3) is 0.476. The van der Waals surface area contributed by atoms with Crippen LogP contribution in [-0.4, -0.2) is 11.9 Å². The average Bonchev–Trinajstić information content (AvgIpc) is 2.95. The maximum absolute atomic E-state index is 6.38. The van der Waals surface area contributed by atoms with Crippen molar-refractivity contribution in [2.75, 3.05) is 7.11 Å². The molecule has 0 amide bonds. The third-order valence-corrected chi connectivity index (χ3v) is 6.84. The van der Waals surface area contributed by atoms with E-state index in [1.54, 1.807) is 7.11 Å². The fourth-order valence-corrected chi connectivity index (χ4v) is 5.40. The van der Waals surface area contributed by atoms with Crippen molar-refractivity contribution in [3.8, 4) is 11.5 Å². The molecule has 2 rings (SSSR count). The van der Waals surface area contributed by atoms with Gasteiger partial charge < -0.3 is 0 Å². The molecule has 5 heteroatoms. The molecule has 0 heterocycles. The Labute approximate surface area is 177 Å². The molecule has 0 atom stereocenters. The summed E-state index contributed by atoms with van der Waals surface area (Å²) in [5.74, 6) is 1.73. The number of rotatable bonds is 4. The number of methoxy groups -OCH3 is 1. The minimum atomic E-state index is -2.04. The van der Waals surface area contributed by atoms with Crippen LogP contribution in [0, 0.1) is 5.41 Å². The summed E-state index contributed by atoms with van der Waals surface area (Å²) >= 11 is -2.04. The molecule has 146 valence electrons. The molecule has 0 N–H and O–H groups in total. The Balaban J connectivity index is 0.00000312. The van der Waals surface area contributed by atoms with Crippen LogP contribution in [0.25, 0.3) is 0 Å². The van der Waals surface area contributed by atoms with Gasteiger partial charge in [-0.3, -0.25) is 0 Å². The summed E-state index contributed by atoms with van der Waals surface area (Å²) in [6, 6.07) is 6.21. The van der Waals surface area contributed by atoms with Gasteiger partial charge in [0.25, 0.3) is 0 Å². The van der Waals surface area contributed by atoms with Crippen LogP contribution in [0.15, 0.2) is 39.8 Å². The van der Waals surface area contributed by atoms with E-state index in [0.29, 0.717) is 0 Å². The molecule has 0 saturated heterocycles. The number of allylic oxidation sites excluding steroid dienone is 4. The molecule has 0 radical (unpaired) electrons. The summed E-state index contributed by atoms with van der Waals surface area (Å²) in [4.78, 5) is 4.43. The van der Waals surface area contributed by atoms with Gasteiger partial charge in [-0.25, -0.2) is 0 Å². The molecule has 0 saturated carbocycles. The zero-order chi connectivity index (χ0) is 18.1. The van der Waals surface area contributed by atoms with Crippen LogP contribution in [0.1, 0.15) is 53.5 Å². The number of benzene rings is 1. The number of hydrogen-bond donors (Lipinski definition) is 0. The van der Waals surface area contributed by atoms with E-state index in [-0.39, 0.29) is 35.6 Å². The SMILES string of the molecule is Cl.Cl.[CH2]=[Ti]([O]c1cc(OC)cc(C(C)(C)C)c1)[C]1=C(C(C)(C)C)C=CC1. The fourth-order valence-electron chi connectivity index (χ4n) is 2.86. The van der Waals surface area contributed by atoms with Crippen LogP contribution in [0.4, 0.5) is 0 Å². The average molecular weight is 435 g/mol. The second-order valence-corrected chi connectivity index (χ2v) is 11.0. The second-order valence-electron chi connectivity index (χ2n) is 8.42. The molecule has 0 spiro atoms. The molecular weight excluding hydrogens is 403 g/mol. The molecule has 2 nitrogen and oxygen atoms in total. The third kappa shape index (κ3) is 6.27. The first-order valence-electron chi connectivity index (χ1n) is 8.49. The van der Waals surface area contributed by atoms with Crippen molar-refractivity contribution >= 4 is 29.6 Å². The van der Waals surface area contributed by atoms with Crippen molar-refractivity contribution in [2.45, 2.75) is 53.4 Å². The van der Waals surface area contributed by atoms with Gasteiger partial charge in [-0.05, 0) is 0 Å². The van der Waals surface area contributed by atoms with Crippen LogP contribution >= 0.6 is 24.8 Å². The van der Waals surface area contributed by atoms with Crippen molar-refractivity contribution < 1.29 is 25.9 Å². The molecule has 0 aromatic heterocycles. The normalized spacial score (nSPS) is 13.8. The topological polar surface area (TPSA) is 18.5 Å². The van der Waals surface area contributed by atoms with E-state index in [2.05, 4.69) is 70.6 Å². The van der Waals surface area contributed by atoms with E-state index in [1.807, 2.05) is 6.07 Å². The molecule has 1 aromatic carbocycles. The van der Waals surface area contributed by atoms with Crippen LogP contribution < -0.4 is 8.06 Å². The molecule has 1 aliphatic carbocycles. The summed E-state index contributed by atoms with van der Waals surface area (Å²) in [6.45, 7) is 13.4. The van der Waals surface area contributed by atoms with Crippen molar-refractivity contribution in [2.24, 2.45) is 5.41 Å². The Bertz CT molecular complexity index is 708. The van der Waals surface area contributed by atoms with Crippen LogP contribution in [-0.2, 0) is 23.2 Å². The van der Waals surface area contributed by atoms with Crippen molar-refractivity contribution in [1.82, 2.24) is 0 Å². The summed E-state index contributed by atoms with van der Waals surface area (Å²) < 4.78 is 13.3. The molecule has 1 aliphatic rings. The molecule has 0 unspecified atom stereocenters. The predicted octanol–water partition coefficient (Wildman–Crippen LogP) is 6.44. The first kappa shape index (κ1) is 25.5. The van der Waals surface area contributed by atoms with Gasteiger partial charge in [-0.1, -0.05) is 0 Å². The minimum absolute atomic E-state index is 0. The van der Waals surface area contributed by atoms with E-state index in [9.17, 15) is 0 Å². The van der Waals surface area contributed by atoms with Gasteiger partial charge in [0.2, 0.25) is 0 Å². The van der Waals surface area contributed by atoms with Gasteiger partial charge in [0, 0.05) is 0 Å². The van der Waals surface area contributed by atoms with Gasteiger partial charge in [0.1, 0.15) is 0 Å². The summed E-state index contributed by atoms with van der Waals surface area (Å²) in [5.41, 5.74) is 2.83. The molecule has 26 heavy (non-hydrogen) atoms. The van der Waals surface area contributed by atoms with Crippen molar-refractivity contribution in [3.63, 3.8) is 0 Å². The predicted molar refractivity (Wildman–Crippen MR) is 114 cm³/mol. The Kier molecular flexibility index (Phi) is 9.40. The van der Waals surface area contributed by atoms with Gasteiger partial charge in [-0.2, -0.15) is 0 Å². The Hall–Kier alpha value is -0.536. The summed E-state index contributed by atoms with van der Waals surface area (Å²) in [7, 11) is 1.70. The quantitative estimate of drug-likeness (QED) is 0.507. The van der Waals surface area contributed by atoms with Gasteiger partial charge >= 0.3 is 153 Å². The Morgan fingerprint density at radius 3 is 2.00 bits per heavy atom. The first-order valence-corrected chi connectivity index (χ1v) is 11.0. The van der Waals surface area contributed by atoms with Gasteiger partial charge in [0.05, 0.1) is 0 Å². The third-order valence-electron chi connectivity index (χ3n) is 4.30. The molecule has 1 aromatic rings. The molecule has 0 bridgehead atoms. The zero-order valence-corrected chi connectivity index (χ0v) is 20.1. The van der Waals surface area contributed by atoms with Crippen molar-refractivity contribution in [1.29, 1.82) is 0 Å². The van der Waals surface area contributed by atoms with E-state index in [1.165, 1.54) is 15.0 Å². The van der Waals surface area contributed by atoms with E-state index in [0.717, 1.165) is 17.9 Å². The second kappa shape index (κ2) is 9.60. The Morgan fingerprint density at radius 2 is 1.50 bits per heavy atom. The van der Waals surface area contributed by atoms with Gasteiger partial charge in [0.15, 0.2) is 0 Å². The molecular formula is C21H32Cl2O2Ti. The Morgan fingerprint density at radius 1 is 0.923 bits per heavy atom. The standard InChI is InChI=1S/C11H16O2.C9H13.CH2.2ClH.Ti/c1-11(2,3)8-5-9(12)7-10(6-8)13-4;1-9(2,3)8-6-4-5-7-8;;;;/h5-7,12H,1-4H3;4,6H,5H2,1-3H3;1H2;2*1H;/q;;;;;+1/p-1. The summed E-state index contributed by atoms with van der Waals surface area (Å²) in [6.07, 6.45) is 5.48. The maximum atomic E-state index is 6.38. The first-order chi connectivity index (χ1) is 11.0. The van der Waals surface area contributed by atoms with Crippen LogP contribution in [0.3, 0.4) is 0 Å². The van der Waals surface area contributed by atoms with E-state index >= 15 is 0 Å². The summed E-state index contributed by atoms with van der Waals surface area (Å²) in [5, 5.41) is 0. The number of ether oxygens (including phenoxy) is 1.